The number of amides is 2. The maximum Gasteiger partial charge on any atom is 0.319 e. The van der Waals surface area contributed by atoms with Crippen molar-refractivity contribution >= 4 is 17.7 Å². The first-order chi connectivity index (χ1) is 13.3. The van der Waals surface area contributed by atoms with Crippen molar-refractivity contribution in [1.82, 2.24) is 25.1 Å². The van der Waals surface area contributed by atoms with Gasteiger partial charge in [-0.25, -0.2) is 19.4 Å². The summed E-state index contributed by atoms with van der Waals surface area (Å²) in [5.74, 6) is 0.702. The van der Waals surface area contributed by atoms with E-state index in [0.717, 1.165) is 25.1 Å². The van der Waals surface area contributed by atoms with Crippen LogP contribution >= 0.6 is 0 Å². The highest BCUT2D eigenvalue weighted by molar-refractivity contribution is 5.91. The van der Waals surface area contributed by atoms with Gasteiger partial charge in [0.15, 0.2) is 0 Å². The molecule has 4 rings (SSSR count). The van der Waals surface area contributed by atoms with E-state index in [1.165, 1.54) is 0 Å². The predicted molar refractivity (Wildman–Crippen MR) is 103 cm³/mol. The summed E-state index contributed by atoms with van der Waals surface area (Å²) in [7, 11) is 0. The van der Waals surface area contributed by atoms with Gasteiger partial charge in [-0.1, -0.05) is 12.1 Å². The molecule has 2 N–H and O–H groups in total. The molecule has 1 aliphatic heterocycles. The molecule has 0 radical (unpaired) electrons. The molecule has 138 valence electrons. The lowest BCUT2D eigenvalue weighted by Crippen LogP contribution is -2.49. The number of anilines is 2. The number of nitrogens with zero attached hydrogens (tertiary/aromatic N) is 5. The van der Waals surface area contributed by atoms with Crippen LogP contribution in [-0.4, -0.2) is 44.9 Å². The van der Waals surface area contributed by atoms with E-state index in [-0.39, 0.29) is 12.1 Å². The molecular formula is C19H21N7O. The zero-order valence-electron chi connectivity index (χ0n) is 14.8. The summed E-state index contributed by atoms with van der Waals surface area (Å²) in [6, 6.07) is 11.0. The van der Waals surface area contributed by atoms with Crippen molar-refractivity contribution in [1.29, 1.82) is 0 Å². The van der Waals surface area contributed by atoms with Crippen molar-refractivity contribution in [2.75, 3.05) is 23.3 Å². The van der Waals surface area contributed by atoms with Gasteiger partial charge in [-0.05, 0) is 37.1 Å². The molecule has 2 amide bonds. The number of carbonyl (C=O) groups is 1. The molecule has 1 aliphatic rings. The van der Waals surface area contributed by atoms with Gasteiger partial charge in [0.2, 0.25) is 5.95 Å². The number of rotatable bonds is 4. The fourth-order valence-electron chi connectivity index (χ4n) is 3.27. The standard InChI is InChI=1S/C19H21N7O/c27-19(24-16-7-1-2-8-17(16)26-13-5-11-22-26)23-15-6-3-12-25(14-15)18-20-9-4-10-21-18/h1-2,4-5,7-11,13,15H,3,6,12,14H2,(H2,23,24,27). The van der Waals surface area contributed by atoms with Crippen LogP contribution in [0, 0.1) is 0 Å². The number of piperidine rings is 1. The van der Waals surface area contributed by atoms with Gasteiger partial charge in [0.25, 0.3) is 0 Å². The summed E-state index contributed by atoms with van der Waals surface area (Å²) in [6.07, 6.45) is 8.93. The molecule has 8 heteroatoms. The van der Waals surface area contributed by atoms with Crippen LogP contribution in [0.25, 0.3) is 5.69 Å². The summed E-state index contributed by atoms with van der Waals surface area (Å²) in [4.78, 5) is 23.2. The van der Waals surface area contributed by atoms with E-state index in [9.17, 15) is 4.79 Å². The Morgan fingerprint density at radius 1 is 1.07 bits per heavy atom. The fourth-order valence-corrected chi connectivity index (χ4v) is 3.27. The molecule has 3 aromatic rings. The van der Waals surface area contributed by atoms with E-state index in [4.69, 9.17) is 0 Å². The molecule has 1 saturated heterocycles. The van der Waals surface area contributed by atoms with Crippen LogP contribution in [0.5, 0.6) is 0 Å². The van der Waals surface area contributed by atoms with Crippen molar-refractivity contribution in [3.63, 3.8) is 0 Å². The Balaban J connectivity index is 1.40. The maximum atomic E-state index is 12.5. The number of benzene rings is 1. The van der Waals surface area contributed by atoms with E-state index in [1.54, 1.807) is 29.3 Å². The highest BCUT2D eigenvalue weighted by atomic mass is 16.2. The highest BCUT2D eigenvalue weighted by Gasteiger charge is 2.23. The maximum absolute atomic E-state index is 12.5. The first-order valence-corrected chi connectivity index (χ1v) is 8.98. The highest BCUT2D eigenvalue weighted by Crippen LogP contribution is 2.19. The number of para-hydroxylation sites is 2. The Labute approximate surface area is 157 Å². The smallest absolute Gasteiger partial charge is 0.319 e. The van der Waals surface area contributed by atoms with Gasteiger partial charge in [0.05, 0.1) is 11.4 Å². The van der Waals surface area contributed by atoms with Crippen LogP contribution in [-0.2, 0) is 0 Å². The van der Waals surface area contributed by atoms with Crippen molar-refractivity contribution in [3.8, 4) is 5.69 Å². The summed E-state index contributed by atoms with van der Waals surface area (Å²) in [6.45, 7) is 1.59. The van der Waals surface area contributed by atoms with Gasteiger partial charge in [-0.15, -0.1) is 0 Å². The van der Waals surface area contributed by atoms with Crippen LogP contribution in [0.2, 0.25) is 0 Å². The molecule has 1 fully saturated rings. The molecule has 0 spiro atoms. The molecule has 0 bridgehead atoms. The second kappa shape index (κ2) is 7.86. The van der Waals surface area contributed by atoms with Crippen molar-refractivity contribution < 1.29 is 4.79 Å². The second-order valence-corrected chi connectivity index (χ2v) is 6.40. The van der Waals surface area contributed by atoms with Gasteiger partial charge >= 0.3 is 6.03 Å². The zero-order chi connectivity index (χ0) is 18.5. The van der Waals surface area contributed by atoms with Crippen LogP contribution in [0.1, 0.15) is 12.8 Å². The monoisotopic (exact) mass is 363 g/mol. The lowest BCUT2D eigenvalue weighted by molar-refractivity contribution is 0.246. The van der Waals surface area contributed by atoms with Gasteiger partial charge in [0.1, 0.15) is 0 Å². The lowest BCUT2D eigenvalue weighted by Gasteiger charge is -2.33. The molecule has 1 unspecified atom stereocenters. The van der Waals surface area contributed by atoms with Crippen molar-refractivity contribution in [3.05, 3.63) is 61.2 Å². The third-order valence-electron chi connectivity index (χ3n) is 4.50. The summed E-state index contributed by atoms with van der Waals surface area (Å²) >= 11 is 0. The molecular weight excluding hydrogens is 342 g/mol. The largest absolute Gasteiger partial charge is 0.339 e. The van der Waals surface area contributed by atoms with Crippen LogP contribution in [0.15, 0.2) is 61.2 Å². The van der Waals surface area contributed by atoms with E-state index in [2.05, 4.69) is 30.6 Å². The lowest BCUT2D eigenvalue weighted by atomic mass is 10.1. The quantitative estimate of drug-likeness (QED) is 0.743. The number of urea groups is 1. The average Bonchev–Trinajstić information content (AvgIpc) is 3.24. The molecule has 0 aliphatic carbocycles. The third kappa shape index (κ3) is 4.05. The van der Waals surface area contributed by atoms with Crippen LogP contribution in [0.4, 0.5) is 16.4 Å². The molecule has 1 aromatic carbocycles. The number of hydrogen-bond acceptors (Lipinski definition) is 5. The minimum Gasteiger partial charge on any atom is -0.339 e. The van der Waals surface area contributed by atoms with Crippen molar-refractivity contribution in [2.45, 2.75) is 18.9 Å². The van der Waals surface area contributed by atoms with Gasteiger partial charge in [-0.3, -0.25) is 0 Å². The Morgan fingerprint density at radius 2 is 1.93 bits per heavy atom. The Morgan fingerprint density at radius 3 is 2.74 bits per heavy atom. The number of hydrogen-bond donors (Lipinski definition) is 2. The first-order valence-electron chi connectivity index (χ1n) is 8.98. The summed E-state index contributed by atoms with van der Waals surface area (Å²) in [5.41, 5.74) is 1.53. The summed E-state index contributed by atoms with van der Waals surface area (Å²) < 4.78 is 1.73. The normalized spacial score (nSPS) is 16.7. The third-order valence-corrected chi connectivity index (χ3v) is 4.50. The van der Waals surface area contributed by atoms with Crippen LogP contribution in [0.3, 0.4) is 0 Å². The zero-order valence-corrected chi connectivity index (χ0v) is 14.8. The minimum absolute atomic E-state index is 0.0411. The Bertz CT molecular complexity index is 882. The molecule has 2 aromatic heterocycles. The number of carbonyl (C=O) groups excluding carboxylic acids is 1. The molecule has 27 heavy (non-hydrogen) atoms. The van der Waals surface area contributed by atoms with E-state index >= 15 is 0 Å². The molecule has 8 nitrogen and oxygen atoms in total. The topological polar surface area (TPSA) is 88.0 Å². The first kappa shape index (κ1) is 17.0. The Hall–Kier alpha value is -3.42. The van der Waals surface area contributed by atoms with E-state index in [0.29, 0.717) is 18.2 Å². The van der Waals surface area contributed by atoms with E-state index < -0.39 is 0 Å². The minimum atomic E-state index is -0.226. The molecule has 3 heterocycles. The number of aromatic nitrogens is 4. The summed E-state index contributed by atoms with van der Waals surface area (Å²) in [5, 5.41) is 10.2. The van der Waals surface area contributed by atoms with Crippen molar-refractivity contribution in [2.24, 2.45) is 0 Å². The number of nitrogens with one attached hydrogen (secondary N) is 2. The van der Waals surface area contributed by atoms with Gasteiger partial charge in [0, 0.05) is 43.9 Å². The SMILES string of the molecule is O=C(Nc1ccccc1-n1cccn1)NC1CCCN(c2ncccn2)C1. The average molecular weight is 363 g/mol. The van der Waals surface area contributed by atoms with E-state index in [1.807, 2.05) is 36.5 Å². The van der Waals surface area contributed by atoms with Crippen LogP contribution < -0.4 is 15.5 Å². The fraction of sp³-hybridized carbons (Fsp3) is 0.263. The van der Waals surface area contributed by atoms with Gasteiger partial charge < -0.3 is 15.5 Å². The predicted octanol–water partition coefficient (Wildman–Crippen LogP) is 2.45. The molecule has 1 atom stereocenters. The Kier molecular flexibility index (Phi) is 4.95. The van der Waals surface area contributed by atoms with Gasteiger partial charge in [-0.2, -0.15) is 5.10 Å². The second-order valence-electron chi connectivity index (χ2n) is 6.40. The molecule has 0 saturated carbocycles.